The first-order chi connectivity index (χ1) is 34.2. The Kier molecular flexibility index (Phi) is 15.1. The molecule has 21 nitrogen and oxygen atoms in total. The zero-order valence-electron chi connectivity index (χ0n) is 39.7. The topological polar surface area (TPSA) is 245 Å². The molecule has 0 bridgehead atoms. The van der Waals surface area contributed by atoms with Crippen LogP contribution < -0.4 is 30.9 Å². The number of para-hydroxylation sites is 1. The third-order valence-corrected chi connectivity index (χ3v) is 12.1. The molecule has 6 amide bonds. The molecule has 1 atom stereocenters. The van der Waals surface area contributed by atoms with E-state index in [2.05, 4.69) is 42.6 Å². The highest BCUT2D eigenvalue weighted by atomic mass is 16.5. The van der Waals surface area contributed by atoms with E-state index in [1.807, 2.05) is 48.1 Å². The highest BCUT2D eigenvalue weighted by Crippen LogP contribution is 2.40. The lowest BCUT2D eigenvalue weighted by atomic mass is 10.0. The van der Waals surface area contributed by atoms with E-state index in [1.54, 1.807) is 27.0 Å². The average Bonchev–Trinajstić information content (AvgIpc) is 3.82. The van der Waals surface area contributed by atoms with Crippen molar-refractivity contribution >= 4 is 81.0 Å². The van der Waals surface area contributed by atoms with Gasteiger partial charge in [0.2, 0.25) is 29.6 Å². The number of piperidine rings is 1. The molecule has 2 saturated heterocycles. The Bertz CT molecular complexity index is 2930. The number of nitrogens with zero attached hydrogens (tertiary/aromatic N) is 6. The minimum Gasteiger partial charge on any atom is -0.494 e. The van der Waals surface area contributed by atoms with Gasteiger partial charge in [0.1, 0.15) is 24.0 Å². The number of carbonyl (C=O) groups excluding carboxylic acids is 7. The Balaban J connectivity index is 0.840. The monoisotopic (exact) mass is 970 g/mol. The minimum absolute atomic E-state index is 0.00822. The number of anilines is 5. The Morgan fingerprint density at radius 2 is 1.68 bits per heavy atom. The van der Waals surface area contributed by atoms with Crippen LogP contribution in [0.5, 0.6) is 5.75 Å². The van der Waals surface area contributed by atoms with Crippen LogP contribution in [0.4, 0.5) is 28.7 Å². The van der Waals surface area contributed by atoms with Crippen molar-refractivity contribution in [2.75, 3.05) is 87.1 Å². The molecule has 21 heteroatoms. The van der Waals surface area contributed by atoms with Gasteiger partial charge in [-0.05, 0) is 50.6 Å². The van der Waals surface area contributed by atoms with E-state index in [4.69, 9.17) is 23.9 Å². The van der Waals surface area contributed by atoms with Gasteiger partial charge in [-0.2, -0.15) is 0 Å². The lowest BCUT2D eigenvalue weighted by molar-refractivity contribution is -0.136. The number of ether oxygens (including phenoxy) is 4. The Morgan fingerprint density at radius 1 is 0.901 bits per heavy atom. The van der Waals surface area contributed by atoms with E-state index in [0.29, 0.717) is 62.1 Å². The summed E-state index contributed by atoms with van der Waals surface area (Å²) in [5.41, 5.74) is 4.10. The van der Waals surface area contributed by atoms with Crippen molar-refractivity contribution in [1.82, 2.24) is 29.7 Å². The smallest absolute Gasteiger partial charge is 0.342 e. The third-order valence-electron chi connectivity index (χ3n) is 12.1. The first-order valence-electron chi connectivity index (χ1n) is 23.1. The maximum atomic E-state index is 13.3. The number of esters is 1. The van der Waals surface area contributed by atoms with Gasteiger partial charge in [-0.1, -0.05) is 30.8 Å². The lowest BCUT2D eigenvalue weighted by Gasteiger charge is -2.37. The summed E-state index contributed by atoms with van der Waals surface area (Å²) in [6.07, 6.45) is 4.19. The molecule has 370 valence electrons. The van der Waals surface area contributed by atoms with E-state index >= 15 is 0 Å². The summed E-state index contributed by atoms with van der Waals surface area (Å²) in [5.74, 6) is -3.47. The fourth-order valence-electron chi connectivity index (χ4n) is 8.70. The van der Waals surface area contributed by atoms with E-state index in [-0.39, 0.29) is 67.1 Å². The second-order valence-corrected chi connectivity index (χ2v) is 17.2. The molecule has 3 aromatic carbocycles. The molecule has 1 unspecified atom stereocenters. The molecule has 0 aliphatic carbocycles. The van der Waals surface area contributed by atoms with Gasteiger partial charge in [0.25, 0.3) is 11.8 Å². The van der Waals surface area contributed by atoms with Gasteiger partial charge in [-0.15, -0.1) is 0 Å². The van der Waals surface area contributed by atoms with Crippen molar-refractivity contribution < 1.29 is 52.5 Å². The fourth-order valence-corrected chi connectivity index (χ4v) is 8.70. The Hall–Kier alpha value is -8.01. The number of carbonyl (C=O) groups is 7. The van der Waals surface area contributed by atoms with Crippen LogP contribution in [-0.2, 0) is 40.4 Å². The van der Waals surface area contributed by atoms with Gasteiger partial charge in [-0.3, -0.25) is 43.9 Å². The number of aromatic nitrogens is 3. The lowest BCUT2D eigenvalue weighted by Crippen LogP contribution is -2.54. The number of hydrogen-bond acceptors (Lipinski definition) is 16. The molecule has 8 rings (SSSR count). The number of amides is 6. The normalized spacial score (nSPS) is 16.0. The molecule has 0 saturated carbocycles. The van der Waals surface area contributed by atoms with E-state index in [1.165, 1.54) is 30.5 Å². The summed E-state index contributed by atoms with van der Waals surface area (Å²) >= 11 is 0. The van der Waals surface area contributed by atoms with Crippen molar-refractivity contribution in [3.8, 4) is 17.0 Å². The largest absolute Gasteiger partial charge is 0.494 e. The summed E-state index contributed by atoms with van der Waals surface area (Å²) in [6, 6.07) is 14.7. The number of aryl methyl sites for hydroxylation is 1. The van der Waals surface area contributed by atoms with Gasteiger partial charge < -0.3 is 44.4 Å². The van der Waals surface area contributed by atoms with Crippen LogP contribution in [0.1, 0.15) is 57.8 Å². The maximum absolute atomic E-state index is 13.3. The molecule has 0 spiro atoms. The first kappa shape index (κ1) is 49.4. The summed E-state index contributed by atoms with van der Waals surface area (Å²) in [5, 5.41) is 11.9. The number of nitrogens with one attached hydrogen (secondary N) is 4. The molecule has 3 aliphatic rings. The summed E-state index contributed by atoms with van der Waals surface area (Å²) < 4.78 is 24.7. The maximum Gasteiger partial charge on any atom is 0.342 e. The summed E-state index contributed by atoms with van der Waals surface area (Å²) in [4.78, 5) is 104. The zero-order chi connectivity index (χ0) is 50.3. The number of piperazine rings is 1. The second kappa shape index (κ2) is 21.7. The number of benzene rings is 3. The van der Waals surface area contributed by atoms with E-state index < -0.39 is 47.5 Å². The number of imide groups is 2. The molecule has 0 radical (unpaired) electrons. The molecule has 5 aromatic rings. The summed E-state index contributed by atoms with van der Waals surface area (Å²) in [6.45, 7) is 10.9. The second-order valence-electron chi connectivity index (χ2n) is 17.2. The predicted octanol–water partition coefficient (Wildman–Crippen LogP) is 4.27. The number of fused-ring (bicyclic) bond motifs is 2. The highest BCUT2D eigenvalue weighted by Gasteiger charge is 2.45. The van der Waals surface area contributed by atoms with E-state index in [9.17, 15) is 33.6 Å². The van der Waals surface area contributed by atoms with Gasteiger partial charge in [0.05, 0.1) is 72.6 Å². The molecule has 5 heterocycles. The minimum atomic E-state index is -1.13. The number of methoxy groups -OCH3 is 1. The van der Waals surface area contributed by atoms with Crippen molar-refractivity contribution in [3.05, 3.63) is 96.3 Å². The van der Waals surface area contributed by atoms with Crippen LogP contribution in [0.15, 0.2) is 79.6 Å². The van der Waals surface area contributed by atoms with Crippen LogP contribution >= 0.6 is 0 Å². The van der Waals surface area contributed by atoms with Crippen LogP contribution in [0.3, 0.4) is 0 Å². The van der Waals surface area contributed by atoms with Crippen molar-refractivity contribution in [1.29, 1.82) is 0 Å². The molecule has 71 heavy (non-hydrogen) atoms. The van der Waals surface area contributed by atoms with Crippen molar-refractivity contribution in [3.63, 3.8) is 0 Å². The Labute approximate surface area is 408 Å². The summed E-state index contributed by atoms with van der Waals surface area (Å²) in [7, 11) is 3.47. The molecular formula is C50H54N10O11. The van der Waals surface area contributed by atoms with Gasteiger partial charge in [0, 0.05) is 81.1 Å². The standard InChI is InChI=1S/C50H54N10O11/c1-6-41(61)53-35-24-36(54-50-51-26-32(49(67)71-29(2)3)45(56-50)33-27-57(4)37-13-8-7-10-30(33)37)40(68-5)25-39(35)59-18-16-58(17-19-59)20-21-69-22-23-70-28-43(63)52-34-12-9-11-31-44(34)48(66)60(47(31)65)38-14-15-42(62)55-46(38)64/h6-13,24-27,29,38H,1,14-23,28H2,2-5H3,(H,52,63)(H,53,61)(H,51,54,56)(H,55,62,64). The molecular weight excluding hydrogens is 917 g/mol. The Morgan fingerprint density at radius 3 is 2.42 bits per heavy atom. The average molecular weight is 971 g/mol. The number of hydrogen-bond donors (Lipinski definition) is 4. The SMILES string of the molecule is C=CC(=O)Nc1cc(Nc2ncc(C(=O)OC(C)C)c(-c3cn(C)c4ccccc34)n2)c(OC)cc1N1CCN(CCOCCOCC(=O)Nc2cccc3c2C(=O)N(C2CCC(=O)NC2=O)C3=O)CC1. The quantitative estimate of drug-likeness (QED) is 0.0391. The zero-order valence-corrected chi connectivity index (χ0v) is 39.7. The van der Waals surface area contributed by atoms with Crippen molar-refractivity contribution in [2.45, 2.75) is 38.8 Å². The highest BCUT2D eigenvalue weighted by molar-refractivity contribution is 6.26. The fraction of sp³-hybridized carbons (Fsp3) is 0.340. The first-order valence-corrected chi connectivity index (χ1v) is 23.1. The van der Waals surface area contributed by atoms with Crippen molar-refractivity contribution in [2.24, 2.45) is 7.05 Å². The number of rotatable bonds is 19. The third kappa shape index (κ3) is 10.9. The molecule has 2 aromatic heterocycles. The van der Waals surface area contributed by atoms with Gasteiger partial charge in [-0.25, -0.2) is 14.8 Å². The van der Waals surface area contributed by atoms with Crippen LogP contribution in [-0.4, -0.2) is 144 Å². The van der Waals surface area contributed by atoms with E-state index in [0.717, 1.165) is 27.1 Å². The molecule has 3 aliphatic heterocycles. The van der Waals surface area contributed by atoms with Crippen LogP contribution in [0, 0.1) is 0 Å². The predicted molar refractivity (Wildman–Crippen MR) is 262 cm³/mol. The van der Waals surface area contributed by atoms with Crippen LogP contribution in [0.25, 0.3) is 22.2 Å². The molecule has 2 fully saturated rings. The van der Waals surface area contributed by atoms with Gasteiger partial charge >= 0.3 is 5.97 Å². The van der Waals surface area contributed by atoms with Gasteiger partial charge in [0.15, 0.2) is 0 Å². The molecule has 4 N–H and O–H groups in total. The van der Waals surface area contributed by atoms with Crippen LogP contribution in [0.2, 0.25) is 0 Å².